The van der Waals surface area contributed by atoms with Gasteiger partial charge in [0, 0.05) is 6.04 Å². The summed E-state index contributed by atoms with van der Waals surface area (Å²) in [4.78, 5) is -0.388. The largest absolute Gasteiger partial charge is 0.396 e. The lowest BCUT2D eigenvalue weighted by molar-refractivity contribution is -0.137. The monoisotopic (exact) mass is 300 g/mol. The highest BCUT2D eigenvalue weighted by Gasteiger charge is 2.32. The Balaban J connectivity index is 2.89. The van der Waals surface area contributed by atoms with Gasteiger partial charge in [-0.3, -0.25) is 0 Å². The van der Waals surface area contributed by atoms with E-state index in [1.54, 1.807) is 0 Å². The Kier molecular flexibility index (Phi) is 4.41. The van der Waals surface area contributed by atoms with Gasteiger partial charge in [-0.1, -0.05) is 0 Å². The number of alkyl halides is 3. The van der Waals surface area contributed by atoms with Gasteiger partial charge in [-0.05, 0) is 25.1 Å². The Hall–Kier alpha value is -1.35. The van der Waals surface area contributed by atoms with Crippen molar-refractivity contribution in [2.45, 2.75) is 30.5 Å². The van der Waals surface area contributed by atoms with Gasteiger partial charge in [-0.15, -0.1) is 0 Å². The molecule has 3 N–H and O–H groups in total. The van der Waals surface area contributed by atoms with Crippen molar-refractivity contribution in [1.29, 1.82) is 0 Å². The van der Waals surface area contributed by atoms with Gasteiger partial charge >= 0.3 is 6.18 Å². The summed E-state index contributed by atoms with van der Waals surface area (Å²) < 4.78 is 74.5. The molecule has 4 nitrogen and oxygen atoms in total. The summed E-state index contributed by atoms with van der Waals surface area (Å²) >= 11 is 0. The van der Waals surface area contributed by atoms with Gasteiger partial charge in [0.2, 0.25) is 10.0 Å². The Bertz CT molecular complexity index is 557. The molecule has 9 heteroatoms. The van der Waals surface area contributed by atoms with E-state index >= 15 is 0 Å². The minimum atomic E-state index is -4.48. The maximum atomic E-state index is 12.9. The standard InChI is InChI=1S/C10H12F4N2O2S/c1-6(5-10(12,13)14)16-19(17,18)7-2-3-8(11)9(15)4-7/h2-4,6,16H,5,15H2,1H3. The van der Waals surface area contributed by atoms with Crippen LogP contribution in [0.25, 0.3) is 0 Å². The highest BCUT2D eigenvalue weighted by atomic mass is 32.2. The topological polar surface area (TPSA) is 72.2 Å². The molecule has 1 unspecified atom stereocenters. The Morgan fingerprint density at radius 2 is 1.95 bits per heavy atom. The van der Waals surface area contributed by atoms with Crippen molar-refractivity contribution >= 4 is 15.7 Å². The van der Waals surface area contributed by atoms with E-state index in [1.807, 2.05) is 4.72 Å². The van der Waals surface area contributed by atoms with Crippen LogP contribution in [0.2, 0.25) is 0 Å². The average Bonchev–Trinajstić information content (AvgIpc) is 2.17. The smallest absolute Gasteiger partial charge is 0.390 e. The lowest BCUT2D eigenvalue weighted by atomic mass is 10.2. The van der Waals surface area contributed by atoms with Crippen LogP contribution in [0.3, 0.4) is 0 Å². The lowest BCUT2D eigenvalue weighted by Gasteiger charge is -2.16. The van der Waals surface area contributed by atoms with Crippen molar-refractivity contribution in [1.82, 2.24) is 4.72 Å². The minimum absolute atomic E-state index is 0.388. The fourth-order valence-electron chi connectivity index (χ4n) is 1.41. The molecule has 0 aliphatic heterocycles. The van der Waals surface area contributed by atoms with E-state index in [2.05, 4.69) is 0 Å². The average molecular weight is 300 g/mol. The number of nitrogens with one attached hydrogen (secondary N) is 1. The van der Waals surface area contributed by atoms with Crippen LogP contribution in [-0.4, -0.2) is 20.6 Å². The molecular weight excluding hydrogens is 288 g/mol. The summed E-state index contributed by atoms with van der Waals surface area (Å²) in [5.41, 5.74) is 4.81. The Morgan fingerprint density at radius 1 is 1.37 bits per heavy atom. The molecule has 0 aromatic heterocycles. The molecule has 1 atom stereocenters. The SMILES string of the molecule is CC(CC(F)(F)F)NS(=O)(=O)c1ccc(F)c(N)c1. The fraction of sp³-hybridized carbons (Fsp3) is 0.400. The zero-order chi connectivity index (χ0) is 14.8. The first-order valence-corrected chi connectivity index (χ1v) is 6.64. The molecule has 108 valence electrons. The third kappa shape index (κ3) is 4.67. The molecule has 0 fully saturated rings. The molecule has 0 saturated carbocycles. The first-order chi connectivity index (χ1) is 8.51. The quantitative estimate of drug-likeness (QED) is 0.660. The first-order valence-electron chi connectivity index (χ1n) is 5.15. The molecule has 19 heavy (non-hydrogen) atoms. The van der Waals surface area contributed by atoms with E-state index in [0.717, 1.165) is 25.1 Å². The first kappa shape index (κ1) is 15.7. The Labute approximate surface area is 107 Å². The third-order valence-corrected chi connectivity index (χ3v) is 3.76. The van der Waals surface area contributed by atoms with Gasteiger partial charge in [-0.25, -0.2) is 17.5 Å². The van der Waals surface area contributed by atoms with Crippen LogP contribution >= 0.6 is 0 Å². The maximum Gasteiger partial charge on any atom is 0.390 e. The summed E-state index contributed by atoms with van der Waals surface area (Å²) in [6, 6.07) is 1.27. The van der Waals surface area contributed by atoms with Crippen LogP contribution in [0.4, 0.5) is 23.2 Å². The number of hydrogen-bond acceptors (Lipinski definition) is 3. The van der Waals surface area contributed by atoms with E-state index in [0.29, 0.717) is 0 Å². The van der Waals surface area contributed by atoms with Crippen molar-refractivity contribution in [3.8, 4) is 0 Å². The van der Waals surface area contributed by atoms with E-state index < -0.39 is 40.2 Å². The number of nitrogens with two attached hydrogens (primary N) is 1. The van der Waals surface area contributed by atoms with Crippen molar-refractivity contribution in [3.05, 3.63) is 24.0 Å². The van der Waals surface area contributed by atoms with Crippen LogP contribution in [0.5, 0.6) is 0 Å². The molecule has 0 aliphatic carbocycles. The number of hydrogen-bond donors (Lipinski definition) is 2. The van der Waals surface area contributed by atoms with Crippen LogP contribution in [0, 0.1) is 5.82 Å². The predicted octanol–water partition coefficient (Wildman–Crippen LogP) is 2.03. The predicted molar refractivity (Wildman–Crippen MR) is 61.3 cm³/mol. The number of benzene rings is 1. The summed E-state index contributed by atoms with van der Waals surface area (Å²) in [6.07, 6.45) is -5.79. The lowest BCUT2D eigenvalue weighted by Crippen LogP contribution is -2.35. The second-order valence-electron chi connectivity index (χ2n) is 4.02. The second-order valence-corrected chi connectivity index (χ2v) is 5.74. The molecule has 0 saturated heterocycles. The van der Waals surface area contributed by atoms with Gasteiger partial charge in [0.1, 0.15) is 5.82 Å². The van der Waals surface area contributed by atoms with E-state index in [1.165, 1.54) is 0 Å². The number of sulfonamides is 1. The van der Waals surface area contributed by atoms with Crippen LogP contribution in [0.15, 0.2) is 23.1 Å². The van der Waals surface area contributed by atoms with Gasteiger partial charge in [0.15, 0.2) is 0 Å². The van der Waals surface area contributed by atoms with Crippen molar-refractivity contribution in [3.63, 3.8) is 0 Å². The fourth-order valence-corrected chi connectivity index (χ4v) is 2.69. The van der Waals surface area contributed by atoms with Gasteiger partial charge < -0.3 is 5.73 Å². The maximum absolute atomic E-state index is 12.9. The Morgan fingerprint density at radius 3 is 2.42 bits per heavy atom. The highest BCUT2D eigenvalue weighted by Crippen LogP contribution is 2.23. The summed E-state index contributed by atoms with van der Waals surface area (Å²) in [5.74, 6) is -0.803. The van der Waals surface area contributed by atoms with Gasteiger partial charge in [0.25, 0.3) is 0 Å². The molecule has 1 aromatic carbocycles. The van der Waals surface area contributed by atoms with Gasteiger partial charge in [0.05, 0.1) is 17.0 Å². The van der Waals surface area contributed by atoms with E-state index in [9.17, 15) is 26.0 Å². The summed E-state index contributed by atoms with van der Waals surface area (Å²) in [6.45, 7) is 1.08. The molecule has 0 radical (unpaired) electrons. The molecule has 1 aromatic rings. The third-order valence-electron chi connectivity index (χ3n) is 2.17. The molecule has 0 bridgehead atoms. The summed E-state index contributed by atoms with van der Waals surface area (Å²) in [7, 11) is -4.17. The summed E-state index contributed by atoms with van der Waals surface area (Å²) in [5, 5.41) is 0. The number of rotatable bonds is 4. The zero-order valence-corrected chi connectivity index (χ0v) is 10.6. The number of halogens is 4. The normalized spacial score (nSPS) is 14.4. The molecule has 0 amide bonds. The van der Waals surface area contributed by atoms with Gasteiger partial charge in [-0.2, -0.15) is 13.2 Å². The number of nitrogen functional groups attached to an aromatic ring is 1. The second kappa shape index (κ2) is 5.33. The minimum Gasteiger partial charge on any atom is -0.396 e. The zero-order valence-electron chi connectivity index (χ0n) is 9.83. The van der Waals surface area contributed by atoms with Crippen molar-refractivity contribution in [2.75, 3.05) is 5.73 Å². The van der Waals surface area contributed by atoms with E-state index in [-0.39, 0.29) is 4.90 Å². The molecule has 0 aliphatic rings. The van der Waals surface area contributed by atoms with E-state index in [4.69, 9.17) is 5.73 Å². The number of anilines is 1. The van der Waals surface area contributed by atoms with Crippen LogP contribution in [-0.2, 0) is 10.0 Å². The van der Waals surface area contributed by atoms with Crippen molar-refractivity contribution in [2.24, 2.45) is 0 Å². The highest BCUT2D eigenvalue weighted by molar-refractivity contribution is 7.89. The van der Waals surface area contributed by atoms with Crippen LogP contribution in [0.1, 0.15) is 13.3 Å². The molecule has 0 spiro atoms. The molecular formula is C10H12F4N2O2S. The van der Waals surface area contributed by atoms with Crippen molar-refractivity contribution < 1.29 is 26.0 Å². The van der Waals surface area contributed by atoms with Crippen LogP contribution < -0.4 is 10.5 Å². The molecule has 0 heterocycles. The molecule has 1 rings (SSSR count).